The molecule has 7 heteroatoms. The summed E-state index contributed by atoms with van der Waals surface area (Å²) in [6, 6.07) is 18.4. The van der Waals surface area contributed by atoms with Crippen molar-refractivity contribution in [2.24, 2.45) is 0 Å². The van der Waals surface area contributed by atoms with E-state index in [1.54, 1.807) is 7.11 Å². The molecule has 0 aliphatic carbocycles. The fraction of sp³-hybridized carbons (Fsp3) is 0.348. The van der Waals surface area contributed by atoms with Crippen molar-refractivity contribution in [3.63, 3.8) is 0 Å². The van der Waals surface area contributed by atoms with Crippen LogP contribution in [0.4, 0.5) is 0 Å². The van der Waals surface area contributed by atoms with Gasteiger partial charge in [-0.05, 0) is 22.1 Å². The molecule has 1 aliphatic heterocycles. The monoisotopic (exact) mass is 404 g/mol. The van der Waals surface area contributed by atoms with Crippen LogP contribution in [0.25, 0.3) is 0 Å². The number of aromatic nitrogens is 4. The van der Waals surface area contributed by atoms with Crippen molar-refractivity contribution in [3.05, 3.63) is 84.2 Å². The van der Waals surface area contributed by atoms with Crippen molar-refractivity contribution >= 4 is 0 Å². The van der Waals surface area contributed by atoms with Gasteiger partial charge in [-0.3, -0.25) is 9.80 Å². The number of benzene rings is 2. The summed E-state index contributed by atoms with van der Waals surface area (Å²) in [5.41, 5.74) is 2.25. The van der Waals surface area contributed by atoms with E-state index in [9.17, 15) is 0 Å². The molecule has 7 nitrogen and oxygen atoms in total. The van der Waals surface area contributed by atoms with Gasteiger partial charge in [-0.2, -0.15) is 0 Å². The summed E-state index contributed by atoms with van der Waals surface area (Å²) in [5, 5.41) is 12.8. The van der Waals surface area contributed by atoms with Crippen LogP contribution in [-0.4, -0.2) is 69.8 Å². The van der Waals surface area contributed by atoms with E-state index < -0.39 is 0 Å². The normalized spacial score (nSPS) is 16.3. The molecule has 1 aromatic heterocycles. The molecule has 0 saturated carbocycles. The number of hydrogen-bond donors (Lipinski definition) is 0. The molecule has 0 spiro atoms. The maximum Gasteiger partial charge on any atom is 0.173 e. The van der Waals surface area contributed by atoms with E-state index in [-0.39, 0.29) is 6.04 Å². The van der Waals surface area contributed by atoms with Crippen molar-refractivity contribution in [1.82, 2.24) is 30.0 Å². The van der Waals surface area contributed by atoms with E-state index in [0.717, 1.165) is 49.9 Å². The third kappa shape index (κ3) is 4.42. The molecule has 1 aliphatic rings. The fourth-order valence-corrected chi connectivity index (χ4v) is 4.05. The first-order chi connectivity index (χ1) is 14.8. The summed E-state index contributed by atoms with van der Waals surface area (Å²) < 4.78 is 7.61. The van der Waals surface area contributed by atoms with Gasteiger partial charge in [-0.1, -0.05) is 54.6 Å². The lowest BCUT2D eigenvalue weighted by Crippen LogP contribution is -2.48. The largest absolute Gasteiger partial charge is 0.496 e. The van der Waals surface area contributed by atoms with Crippen LogP contribution in [0.15, 0.2) is 67.3 Å². The first kappa shape index (κ1) is 20.3. The molecule has 4 rings (SSSR count). The van der Waals surface area contributed by atoms with Gasteiger partial charge in [0.25, 0.3) is 0 Å². The second-order valence-corrected chi connectivity index (χ2v) is 7.45. The second-order valence-electron chi connectivity index (χ2n) is 7.45. The average molecular weight is 405 g/mol. The summed E-state index contributed by atoms with van der Waals surface area (Å²) in [6.07, 6.45) is 1.97. The van der Waals surface area contributed by atoms with Crippen LogP contribution < -0.4 is 4.74 Å². The number of methoxy groups -OCH3 is 1. The van der Waals surface area contributed by atoms with Gasteiger partial charge in [0, 0.05) is 38.3 Å². The third-order valence-corrected chi connectivity index (χ3v) is 5.57. The molecule has 0 amide bonds. The van der Waals surface area contributed by atoms with Crippen molar-refractivity contribution in [2.45, 2.75) is 12.6 Å². The molecule has 156 valence electrons. The average Bonchev–Trinajstić information content (AvgIpc) is 3.24. The number of nitrogens with zero attached hydrogens (tertiary/aromatic N) is 6. The number of hydrogen-bond acceptors (Lipinski definition) is 6. The topological polar surface area (TPSA) is 59.3 Å². The first-order valence-electron chi connectivity index (χ1n) is 10.3. The molecular formula is C23H28N6O. The first-order valence-corrected chi connectivity index (χ1v) is 10.3. The second kappa shape index (κ2) is 9.65. The number of ether oxygens (including phenoxy) is 1. The van der Waals surface area contributed by atoms with Crippen LogP contribution >= 0.6 is 0 Å². The van der Waals surface area contributed by atoms with Crippen molar-refractivity contribution in [2.75, 3.05) is 39.8 Å². The van der Waals surface area contributed by atoms with E-state index in [1.165, 1.54) is 5.56 Å². The van der Waals surface area contributed by atoms with E-state index in [4.69, 9.17) is 4.74 Å². The van der Waals surface area contributed by atoms with Crippen LogP contribution in [0, 0.1) is 0 Å². The Bertz CT molecular complexity index is 949. The summed E-state index contributed by atoms with van der Waals surface area (Å²) in [7, 11) is 1.71. The highest BCUT2D eigenvalue weighted by molar-refractivity contribution is 5.39. The Hall–Kier alpha value is -3.03. The summed E-state index contributed by atoms with van der Waals surface area (Å²) in [5.74, 6) is 1.69. The Morgan fingerprint density at radius 2 is 1.77 bits per heavy atom. The zero-order chi connectivity index (χ0) is 20.8. The molecule has 1 atom stereocenters. The maximum absolute atomic E-state index is 5.70. The lowest BCUT2D eigenvalue weighted by molar-refractivity contribution is 0.111. The van der Waals surface area contributed by atoms with Crippen molar-refractivity contribution in [3.8, 4) is 5.75 Å². The molecule has 2 heterocycles. The molecule has 0 radical (unpaired) electrons. The van der Waals surface area contributed by atoms with Gasteiger partial charge >= 0.3 is 0 Å². The van der Waals surface area contributed by atoms with Gasteiger partial charge < -0.3 is 4.74 Å². The summed E-state index contributed by atoms with van der Waals surface area (Å²) in [6.45, 7) is 9.23. The van der Waals surface area contributed by atoms with Gasteiger partial charge in [-0.25, -0.2) is 4.68 Å². The molecule has 1 unspecified atom stereocenters. The molecule has 3 aromatic rings. The van der Waals surface area contributed by atoms with Crippen LogP contribution in [-0.2, 0) is 6.54 Å². The van der Waals surface area contributed by atoms with Crippen molar-refractivity contribution < 1.29 is 4.74 Å². The fourth-order valence-electron chi connectivity index (χ4n) is 4.05. The van der Waals surface area contributed by atoms with Crippen LogP contribution in [0.1, 0.15) is 23.0 Å². The molecule has 1 saturated heterocycles. The summed E-state index contributed by atoms with van der Waals surface area (Å²) >= 11 is 0. The Morgan fingerprint density at radius 1 is 1.03 bits per heavy atom. The number of para-hydroxylation sites is 1. The van der Waals surface area contributed by atoms with E-state index in [1.807, 2.05) is 47.2 Å². The molecule has 0 bridgehead atoms. The summed E-state index contributed by atoms with van der Waals surface area (Å²) in [4.78, 5) is 4.86. The lowest BCUT2D eigenvalue weighted by atomic mass is 10.0. The van der Waals surface area contributed by atoms with Gasteiger partial charge in [-0.15, -0.1) is 11.7 Å². The Balaban J connectivity index is 1.68. The van der Waals surface area contributed by atoms with Gasteiger partial charge in [0.15, 0.2) is 5.82 Å². The van der Waals surface area contributed by atoms with Gasteiger partial charge in [0.05, 0.1) is 13.7 Å². The van der Waals surface area contributed by atoms with E-state index >= 15 is 0 Å². The number of piperazine rings is 1. The minimum Gasteiger partial charge on any atom is -0.496 e. The zero-order valence-corrected chi connectivity index (χ0v) is 17.4. The Labute approximate surface area is 177 Å². The van der Waals surface area contributed by atoms with E-state index in [2.05, 4.69) is 50.1 Å². The molecule has 0 N–H and O–H groups in total. The molecule has 30 heavy (non-hydrogen) atoms. The van der Waals surface area contributed by atoms with Crippen LogP contribution in [0.5, 0.6) is 5.75 Å². The zero-order valence-electron chi connectivity index (χ0n) is 17.4. The predicted octanol–water partition coefficient (Wildman–Crippen LogP) is 2.62. The number of tetrazole rings is 1. The maximum atomic E-state index is 5.70. The standard InChI is InChI=1S/C23H28N6O/c1-3-13-27-14-16-28(17-15-27)22(20-11-7-8-12-21(20)30-2)23-24-25-26-29(23)18-19-9-5-4-6-10-19/h3-12,22H,1,13-18H2,2H3. The third-order valence-electron chi connectivity index (χ3n) is 5.57. The van der Waals surface area contributed by atoms with Crippen LogP contribution in [0.2, 0.25) is 0 Å². The highest BCUT2D eigenvalue weighted by Crippen LogP contribution is 2.34. The molecular weight excluding hydrogens is 376 g/mol. The molecule has 2 aromatic carbocycles. The predicted molar refractivity (Wildman–Crippen MR) is 116 cm³/mol. The molecule has 1 fully saturated rings. The highest BCUT2D eigenvalue weighted by atomic mass is 16.5. The van der Waals surface area contributed by atoms with Gasteiger partial charge in [0.1, 0.15) is 11.8 Å². The Morgan fingerprint density at radius 3 is 2.50 bits per heavy atom. The highest BCUT2D eigenvalue weighted by Gasteiger charge is 2.32. The minimum absolute atomic E-state index is 0.0780. The number of rotatable bonds is 8. The lowest BCUT2D eigenvalue weighted by Gasteiger charge is -2.38. The SMILES string of the molecule is C=CCN1CCN(C(c2ccccc2OC)c2nnnn2Cc2ccccc2)CC1. The quantitative estimate of drug-likeness (QED) is 0.538. The van der Waals surface area contributed by atoms with E-state index in [0.29, 0.717) is 6.54 Å². The van der Waals surface area contributed by atoms with Gasteiger partial charge in [0.2, 0.25) is 0 Å². The minimum atomic E-state index is -0.0780. The smallest absolute Gasteiger partial charge is 0.173 e. The van der Waals surface area contributed by atoms with Crippen LogP contribution in [0.3, 0.4) is 0 Å². The Kier molecular flexibility index (Phi) is 6.51. The van der Waals surface area contributed by atoms with Crippen molar-refractivity contribution in [1.29, 1.82) is 0 Å².